The van der Waals surface area contributed by atoms with E-state index in [1.54, 1.807) is 11.1 Å². The Morgan fingerprint density at radius 2 is 2.20 bits per heavy atom. The van der Waals surface area contributed by atoms with Crippen LogP contribution in [0.5, 0.6) is 0 Å². The number of aromatic amines is 1. The number of sulfone groups is 1. The number of nitrogens with zero attached hydrogens (tertiary/aromatic N) is 2. The van der Waals surface area contributed by atoms with E-state index < -0.39 is 9.84 Å². The molecule has 0 bridgehead atoms. The van der Waals surface area contributed by atoms with Gasteiger partial charge in [0, 0.05) is 29.6 Å². The largest absolute Gasteiger partial charge is 0.324 e. The van der Waals surface area contributed by atoms with Crippen LogP contribution in [0, 0.1) is 12.3 Å². The molecule has 1 atom stereocenters. The predicted octanol–water partition coefficient (Wildman–Crippen LogP) is 2.30. The molecule has 1 unspecified atom stereocenters. The third kappa shape index (κ3) is 3.10. The molecular formula is C17H22N4O3S. The molecule has 0 radical (unpaired) electrons. The maximum absolute atomic E-state index is 12.7. The molecule has 0 saturated carbocycles. The summed E-state index contributed by atoms with van der Waals surface area (Å²) in [5.41, 5.74) is 2.39. The van der Waals surface area contributed by atoms with Gasteiger partial charge in [-0.1, -0.05) is 0 Å². The molecule has 2 aliphatic rings. The first-order valence-electron chi connectivity index (χ1n) is 8.56. The lowest BCUT2D eigenvalue weighted by Crippen LogP contribution is -2.48. The summed E-state index contributed by atoms with van der Waals surface area (Å²) >= 11 is 0. The fraction of sp³-hybridized carbons (Fsp3) is 0.529. The molecule has 2 fully saturated rings. The van der Waals surface area contributed by atoms with Crippen LogP contribution in [0.1, 0.15) is 24.8 Å². The molecule has 0 aliphatic carbocycles. The second-order valence-corrected chi connectivity index (χ2v) is 9.61. The number of anilines is 1. The van der Waals surface area contributed by atoms with Crippen LogP contribution in [0.2, 0.25) is 0 Å². The number of benzene rings is 1. The van der Waals surface area contributed by atoms with Crippen LogP contribution in [-0.2, 0) is 9.84 Å². The van der Waals surface area contributed by atoms with E-state index >= 15 is 0 Å². The number of fused-ring (bicyclic) bond motifs is 1. The van der Waals surface area contributed by atoms with Gasteiger partial charge in [0.25, 0.3) is 0 Å². The summed E-state index contributed by atoms with van der Waals surface area (Å²) in [6, 6.07) is 3.63. The third-order valence-corrected chi connectivity index (χ3v) is 7.31. The summed E-state index contributed by atoms with van der Waals surface area (Å²) in [5, 5.41) is 10.9. The predicted molar refractivity (Wildman–Crippen MR) is 96.4 cm³/mol. The van der Waals surface area contributed by atoms with Crippen molar-refractivity contribution >= 4 is 32.5 Å². The summed E-state index contributed by atoms with van der Waals surface area (Å²) in [6.07, 6.45) is 4.17. The SMILES string of the molecule is Cc1cc(NC(=O)N2CCCC3(CCS(=O)(=O)C3)C2)cc2[nH]ncc12. The van der Waals surface area contributed by atoms with E-state index in [9.17, 15) is 13.2 Å². The molecule has 4 rings (SSSR count). The zero-order valence-corrected chi connectivity index (χ0v) is 15.0. The Labute approximate surface area is 146 Å². The van der Waals surface area contributed by atoms with Gasteiger partial charge in [0.2, 0.25) is 0 Å². The van der Waals surface area contributed by atoms with Crippen molar-refractivity contribution in [3.05, 3.63) is 23.9 Å². The molecule has 2 amide bonds. The minimum Gasteiger partial charge on any atom is -0.324 e. The van der Waals surface area contributed by atoms with Crippen molar-refractivity contribution in [2.75, 3.05) is 29.9 Å². The minimum atomic E-state index is -2.96. The Hall–Kier alpha value is -2.09. The highest BCUT2D eigenvalue weighted by Gasteiger charge is 2.45. The molecule has 2 aliphatic heterocycles. The van der Waals surface area contributed by atoms with Crippen LogP contribution in [0.3, 0.4) is 0 Å². The van der Waals surface area contributed by atoms with Gasteiger partial charge in [-0.25, -0.2) is 13.2 Å². The lowest BCUT2D eigenvalue weighted by atomic mass is 9.80. The molecule has 25 heavy (non-hydrogen) atoms. The fourth-order valence-corrected chi connectivity index (χ4v) is 6.39. The van der Waals surface area contributed by atoms with Crippen molar-refractivity contribution < 1.29 is 13.2 Å². The van der Waals surface area contributed by atoms with E-state index in [4.69, 9.17) is 0 Å². The number of rotatable bonds is 1. The second-order valence-electron chi connectivity index (χ2n) is 7.42. The number of aryl methyl sites for hydroxylation is 1. The van der Waals surface area contributed by atoms with Gasteiger partial charge in [0.1, 0.15) is 0 Å². The average Bonchev–Trinajstić information content (AvgIpc) is 3.12. The Morgan fingerprint density at radius 1 is 1.36 bits per heavy atom. The zero-order chi connectivity index (χ0) is 17.7. The van der Waals surface area contributed by atoms with E-state index in [1.165, 1.54) is 0 Å². The number of amides is 2. The number of hydrogen-bond acceptors (Lipinski definition) is 4. The first-order valence-corrected chi connectivity index (χ1v) is 10.4. The molecule has 1 aromatic heterocycles. The normalized spacial score (nSPS) is 25.6. The lowest BCUT2D eigenvalue weighted by molar-refractivity contribution is 0.130. The highest BCUT2D eigenvalue weighted by atomic mass is 32.2. The first kappa shape index (κ1) is 16.4. The quantitative estimate of drug-likeness (QED) is 0.814. The molecule has 8 heteroatoms. The molecule has 2 aromatic rings. The number of urea groups is 1. The molecule has 1 aromatic carbocycles. The summed E-state index contributed by atoms with van der Waals surface area (Å²) in [4.78, 5) is 14.5. The van der Waals surface area contributed by atoms with Gasteiger partial charge < -0.3 is 10.2 Å². The van der Waals surface area contributed by atoms with Crippen molar-refractivity contribution in [1.82, 2.24) is 15.1 Å². The maximum atomic E-state index is 12.7. The van der Waals surface area contributed by atoms with Gasteiger partial charge in [0.05, 0.1) is 23.2 Å². The summed E-state index contributed by atoms with van der Waals surface area (Å²) in [5.74, 6) is 0.459. The van der Waals surface area contributed by atoms with Crippen molar-refractivity contribution in [2.24, 2.45) is 5.41 Å². The number of piperidine rings is 1. The van der Waals surface area contributed by atoms with Crippen LogP contribution in [-0.4, -0.2) is 54.1 Å². The first-order chi connectivity index (χ1) is 11.9. The summed E-state index contributed by atoms with van der Waals surface area (Å²) < 4.78 is 23.8. The smallest absolute Gasteiger partial charge is 0.321 e. The molecule has 3 heterocycles. The van der Waals surface area contributed by atoms with E-state index in [-0.39, 0.29) is 23.0 Å². The molecule has 134 valence electrons. The van der Waals surface area contributed by atoms with Gasteiger partial charge in [-0.05, 0) is 43.9 Å². The minimum absolute atomic E-state index is 0.165. The van der Waals surface area contributed by atoms with Gasteiger partial charge in [-0.15, -0.1) is 0 Å². The van der Waals surface area contributed by atoms with Gasteiger partial charge in [-0.3, -0.25) is 5.10 Å². The molecular weight excluding hydrogens is 340 g/mol. The van der Waals surface area contributed by atoms with Crippen LogP contribution < -0.4 is 5.32 Å². The number of hydrogen-bond donors (Lipinski definition) is 2. The number of likely N-dealkylation sites (tertiary alicyclic amines) is 1. The Bertz CT molecular complexity index is 937. The van der Waals surface area contributed by atoms with E-state index in [0.717, 1.165) is 35.0 Å². The van der Waals surface area contributed by atoms with Crippen LogP contribution in [0.4, 0.5) is 10.5 Å². The molecule has 2 saturated heterocycles. The van der Waals surface area contributed by atoms with Crippen LogP contribution >= 0.6 is 0 Å². The highest BCUT2D eigenvalue weighted by Crippen LogP contribution is 2.40. The number of aromatic nitrogens is 2. The Kier molecular flexibility index (Phi) is 3.75. The van der Waals surface area contributed by atoms with Gasteiger partial charge in [-0.2, -0.15) is 5.10 Å². The summed E-state index contributed by atoms with van der Waals surface area (Å²) in [7, 11) is -2.96. The third-order valence-electron chi connectivity index (χ3n) is 5.43. The number of carbonyl (C=O) groups is 1. The van der Waals surface area contributed by atoms with Gasteiger partial charge in [0.15, 0.2) is 9.84 Å². The van der Waals surface area contributed by atoms with E-state index in [2.05, 4.69) is 15.5 Å². The van der Waals surface area contributed by atoms with Crippen molar-refractivity contribution in [3.8, 4) is 0 Å². The Morgan fingerprint density at radius 3 is 2.96 bits per heavy atom. The van der Waals surface area contributed by atoms with Crippen LogP contribution in [0.15, 0.2) is 18.3 Å². The Balaban J connectivity index is 1.50. The number of nitrogens with one attached hydrogen (secondary N) is 2. The van der Waals surface area contributed by atoms with Gasteiger partial charge >= 0.3 is 6.03 Å². The zero-order valence-electron chi connectivity index (χ0n) is 14.2. The fourth-order valence-electron chi connectivity index (χ4n) is 4.19. The van der Waals surface area contributed by atoms with Crippen molar-refractivity contribution in [2.45, 2.75) is 26.2 Å². The summed E-state index contributed by atoms with van der Waals surface area (Å²) in [6.45, 7) is 3.16. The number of carbonyl (C=O) groups excluding carboxylic acids is 1. The van der Waals surface area contributed by atoms with Crippen molar-refractivity contribution in [1.29, 1.82) is 0 Å². The molecule has 7 nitrogen and oxygen atoms in total. The standard InChI is InChI=1S/C17H22N4O3S/c1-12-7-13(8-15-14(12)9-18-20-15)19-16(22)21-5-2-3-17(10-21)4-6-25(23,24)11-17/h7-9H,2-6,10-11H2,1H3,(H,18,20)(H,19,22). The average molecular weight is 362 g/mol. The van der Waals surface area contributed by atoms with Crippen LogP contribution in [0.25, 0.3) is 10.9 Å². The number of H-pyrrole nitrogens is 1. The molecule has 2 N–H and O–H groups in total. The van der Waals surface area contributed by atoms with E-state index in [0.29, 0.717) is 19.5 Å². The topological polar surface area (TPSA) is 95.2 Å². The van der Waals surface area contributed by atoms with Crippen molar-refractivity contribution in [3.63, 3.8) is 0 Å². The highest BCUT2D eigenvalue weighted by molar-refractivity contribution is 7.91. The second kappa shape index (κ2) is 5.72. The lowest BCUT2D eigenvalue weighted by Gasteiger charge is -2.39. The molecule has 1 spiro atoms. The monoisotopic (exact) mass is 362 g/mol. The van der Waals surface area contributed by atoms with E-state index in [1.807, 2.05) is 19.1 Å². The maximum Gasteiger partial charge on any atom is 0.321 e.